The highest BCUT2D eigenvalue weighted by atomic mass is 32.1. The molecule has 1 heterocycles. The summed E-state index contributed by atoms with van der Waals surface area (Å²) in [5.41, 5.74) is 0.719. The Morgan fingerprint density at radius 2 is 2.23 bits per heavy atom. The molecular weight excluding hydrogens is 316 g/mol. The largest absolute Gasteiger partial charge is 0.738 e. The maximum atomic E-state index is 12.7. The van der Waals surface area contributed by atoms with Crippen molar-refractivity contribution in [2.24, 2.45) is 0 Å². The number of nitrogens with zero attached hydrogens (tertiary/aromatic N) is 5. The summed E-state index contributed by atoms with van der Waals surface area (Å²) >= 11 is 4.93. The molecule has 2 rings (SSSR count). The van der Waals surface area contributed by atoms with E-state index in [-0.39, 0.29) is 10.8 Å². The molecule has 0 spiro atoms. The van der Waals surface area contributed by atoms with Gasteiger partial charge in [-0.1, -0.05) is 6.07 Å². The van der Waals surface area contributed by atoms with Crippen molar-refractivity contribution in [1.29, 1.82) is 0 Å². The highest BCUT2D eigenvalue weighted by molar-refractivity contribution is 7.58. The quantitative estimate of drug-likeness (QED) is 0.678. The standard InChI is InChI=1S/C12H13F2N5O2S/c1-7(11(20)21)18(6-10(13)14)8-3-2-4-9(5-8)19-12(22)15-16-17-19/h2-5,7,10H,6H2,1H3,(H,20,21)(H,15,17,22)/p-2. The van der Waals surface area contributed by atoms with Crippen molar-refractivity contribution in [3.05, 3.63) is 24.3 Å². The predicted octanol–water partition coefficient (Wildman–Crippen LogP) is -0.222. The third-order valence-corrected chi connectivity index (χ3v) is 3.24. The van der Waals surface area contributed by atoms with Crippen LogP contribution in [0.2, 0.25) is 0 Å². The van der Waals surface area contributed by atoms with Gasteiger partial charge in [-0.2, -0.15) is 0 Å². The summed E-state index contributed by atoms with van der Waals surface area (Å²) in [4.78, 5) is 12.0. The van der Waals surface area contributed by atoms with Crippen molar-refractivity contribution < 1.29 is 18.7 Å². The van der Waals surface area contributed by atoms with Gasteiger partial charge in [-0.05, 0) is 35.5 Å². The zero-order valence-corrected chi connectivity index (χ0v) is 12.2. The average Bonchev–Trinajstić information content (AvgIpc) is 2.90. The predicted molar refractivity (Wildman–Crippen MR) is 72.6 cm³/mol. The van der Waals surface area contributed by atoms with Crippen molar-refractivity contribution in [3.8, 4) is 5.69 Å². The lowest BCUT2D eigenvalue weighted by atomic mass is 10.2. The second kappa shape index (κ2) is 6.60. The maximum absolute atomic E-state index is 12.7. The molecule has 7 nitrogen and oxygen atoms in total. The summed E-state index contributed by atoms with van der Waals surface area (Å²) in [6.45, 7) is 0.537. The van der Waals surface area contributed by atoms with E-state index in [4.69, 9.17) is 12.6 Å². The Bertz CT molecular complexity index is 666. The molecule has 10 heteroatoms. The zero-order valence-electron chi connectivity index (χ0n) is 11.4. The van der Waals surface area contributed by atoms with E-state index >= 15 is 0 Å². The van der Waals surface area contributed by atoms with E-state index in [1.165, 1.54) is 23.7 Å². The van der Waals surface area contributed by atoms with Crippen molar-refractivity contribution in [3.63, 3.8) is 0 Å². The molecular formula is C12H11F2N5O2S-2. The van der Waals surface area contributed by atoms with Gasteiger partial charge in [0, 0.05) is 10.8 Å². The fraction of sp³-hybridized carbons (Fsp3) is 0.333. The number of carbonyl (C=O) groups is 1. The number of hydrogen-bond acceptors (Lipinski definition) is 7. The number of benzene rings is 1. The van der Waals surface area contributed by atoms with Crippen LogP contribution in [0, 0.1) is 0 Å². The number of halogens is 2. The molecule has 0 saturated carbocycles. The molecule has 0 saturated heterocycles. The molecule has 0 aliphatic carbocycles. The molecule has 1 aromatic heterocycles. The highest BCUT2D eigenvalue weighted by Gasteiger charge is 2.20. The Labute approximate surface area is 129 Å². The molecule has 0 amide bonds. The second-order valence-corrected chi connectivity index (χ2v) is 4.80. The summed E-state index contributed by atoms with van der Waals surface area (Å²) in [6, 6.07) is 4.97. The summed E-state index contributed by atoms with van der Waals surface area (Å²) in [6.07, 6.45) is -2.70. The van der Waals surface area contributed by atoms with Crippen LogP contribution >= 0.6 is 0 Å². The number of carboxylic acids is 1. The Morgan fingerprint density at radius 3 is 2.77 bits per heavy atom. The summed E-state index contributed by atoms with van der Waals surface area (Å²) < 4.78 is 26.7. The first-order chi connectivity index (χ1) is 10.4. The van der Waals surface area contributed by atoms with Gasteiger partial charge in [0.15, 0.2) is 0 Å². The van der Waals surface area contributed by atoms with Crippen molar-refractivity contribution in [1.82, 2.24) is 20.2 Å². The van der Waals surface area contributed by atoms with Gasteiger partial charge in [0.2, 0.25) is 0 Å². The lowest BCUT2D eigenvalue weighted by Crippen LogP contribution is -2.48. The van der Waals surface area contributed by atoms with E-state index in [1.807, 2.05) is 0 Å². The Hall–Kier alpha value is -2.36. The van der Waals surface area contributed by atoms with Crippen LogP contribution in [0.25, 0.3) is 5.69 Å². The van der Waals surface area contributed by atoms with Crippen LogP contribution in [0.5, 0.6) is 0 Å². The third kappa shape index (κ3) is 3.45. The molecule has 0 fully saturated rings. The minimum atomic E-state index is -2.70. The molecule has 0 bridgehead atoms. The minimum absolute atomic E-state index is 0.102. The summed E-state index contributed by atoms with van der Waals surface area (Å²) in [5.74, 6) is -1.45. The van der Waals surface area contributed by atoms with Crippen LogP contribution in [-0.2, 0) is 17.4 Å². The number of rotatable bonds is 6. The summed E-state index contributed by atoms with van der Waals surface area (Å²) in [5, 5.41) is 21.8. The minimum Gasteiger partial charge on any atom is -0.738 e. The Morgan fingerprint density at radius 1 is 1.50 bits per heavy atom. The van der Waals surface area contributed by atoms with E-state index in [1.54, 1.807) is 12.1 Å². The lowest BCUT2D eigenvalue weighted by Gasteiger charge is -2.32. The molecule has 1 aromatic carbocycles. The van der Waals surface area contributed by atoms with Gasteiger partial charge in [-0.25, -0.2) is 13.5 Å². The number of aliphatic carboxylic acids is 1. The van der Waals surface area contributed by atoms with Crippen molar-refractivity contribution in [2.45, 2.75) is 24.5 Å². The number of carbonyl (C=O) groups excluding carboxylic acids is 1. The number of anilines is 1. The van der Waals surface area contributed by atoms with Crippen molar-refractivity contribution in [2.75, 3.05) is 11.4 Å². The maximum Gasteiger partial charge on any atom is 0.255 e. The van der Waals surface area contributed by atoms with Gasteiger partial charge in [-0.3, -0.25) is 0 Å². The molecule has 0 N–H and O–H groups in total. The van der Waals surface area contributed by atoms with Crippen LogP contribution in [0.1, 0.15) is 6.92 Å². The topological polar surface area (TPSA) is 87.0 Å². The number of hydrogen-bond donors (Lipinski definition) is 0. The number of alkyl halides is 2. The molecule has 0 radical (unpaired) electrons. The van der Waals surface area contributed by atoms with Gasteiger partial charge < -0.3 is 27.4 Å². The first-order valence-electron chi connectivity index (χ1n) is 6.21. The molecule has 2 aromatic rings. The van der Waals surface area contributed by atoms with E-state index < -0.39 is 25.0 Å². The second-order valence-electron chi connectivity index (χ2n) is 4.43. The van der Waals surface area contributed by atoms with Gasteiger partial charge in [0.1, 0.15) is 0 Å². The highest BCUT2D eigenvalue weighted by Crippen LogP contribution is 2.22. The molecule has 118 valence electrons. The molecule has 1 atom stereocenters. The Balaban J connectivity index is 2.40. The van der Waals surface area contributed by atoms with Crippen LogP contribution in [0.4, 0.5) is 14.5 Å². The normalized spacial score (nSPS) is 12.4. The van der Waals surface area contributed by atoms with E-state index in [0.717, 1.165) is 4.90 Å². The van der Waals surface area contributed by atoms with Crippen LogP contribution in [0.15, 0.2) is 29.4 Å². The Kier molecular flexibility index (Phi) is 4.81. The number of aromatic nitrogens is 4. The molecule has 0 aliphatic heterocycles. The van der Waals surface area contributed by atoms with Gasteiger partial charge in [0.25, 0.3) is 6.43 Å². The lowest BCUT2D eigenvalue weighted by molar-refractivity contribution is -0.307. The average molecular weight is 327 g/mol. The number of carboxylic acid groups (broad SMARTS) is 1. The van der Waals surface area contributed by atoms with E-state index in [0.29, 0.717) is 5.69 Å². The van der Waals surface area contributed by atoms with Crippen LogP contribution < -0.4 is 10.0 Å². The van der Waals surface area contributed by atoms with Crippen molar-refractivity contribution >= 4 is 24.3 Å². The van der Waals surface area contributed by atoms with Gasteiger partial charge >= 0.3 is 0 Å². The van der Waals surface area contributed by atoms with Gasteiger partial charge in [-0.15, -0.1) is 5.10 Å². The zero-order chi connectivity index (χ0) is 16.3. The first kappa shape index (κ1) is 16.0. The van der Waals surface area contributed by atoms with Crippen LogP contribution in [-0.4, -0.2) is 45.2 Å². The summed E-state index contributed by atoms with van der Waals surface area (Å²) in [7, 11) is 0. The van der Waals surface area contributed by atoms with E-state index in [9.17, 15) is 18.7 Å². The monoisotopic (exact) mass is 327 g/mol. The smallest absolute Gasteiger partial charge is 0.255 e. The van der Waals surface area contributed by atoms with Gasteiger partial charge in [0.05, 0.1) is 24.2 Å². The first-order valence-corrected chi connectivity index (χ1v) is 6.62. The fourth-order valence-electron chi connectivity index (χ4n) is 1.91. The fourth-order valence-corrected chi connectivity index (χ4v) is 2.09. The number of tetrazole rings is 1. The SMILES string of the molecule is CC(C(=O)[O-])N(CC(F)F)c1cccc(-n2nnnc2[S-])c1. The molecule has 1 unspecified atom stereocenters. The molecule has 0 aliphatic rings. The molecule has 22 heavy (non-hydrogen) atoms. The van der Waals surface area contributed by atoms with E-state index in [2.05, 4.69) is 15.5 Å². The third-order valence-electron chi connectivity index (χ3n) is 2.99. The van der Waals surface area contributed by atoms with Crippen LogP contribution in [0.3, 0.4) is 0 Å².